The fourth-order valence-electron chi connectivity index (χ4n) is 1.67. The van der Waals surface area contributed by atoms with Crippen LogP contribution in [0.15, 0.2) is 0 Å². The van der Waals surface area contributed by atoms with Crippen LogP contribution in [0.4, 0.5) is 4.79 Å². The van der Waals surface area contributed by atoms with Gasteiger partial charge in [0.1, 0.15) is 6.61 Å². The zero-order valence-corrected chi connectivity index (χ0v) is 8.71. The number of alkyl carbamates (subject to hydrolysis) is 1. The zero-order chi connectivity index (χ0) is 10.4. The first-order valence-corrected chi connectivity index (χ1v) is 5.24. The van der Waals surface area contributed by atoms with Gasteiger partial charge in [-0.2, -0.15) is 0 Å². The van der Waals surface area contributed by atoms with Gasteiger partial charge in [0.05, 0.1) is 6.61 Å². The highest BCUT2D eigenvalue weighted by Crippen LogP contribution is 2.48. The Hall–Kier alpha value is -0.770. The Labute approximate surface area is 84.6 Å². The van der Waals surface area contributed by atoms with Gasteiger partial charge in [0.2, 0.25) is 0 Å². The average molecular weight is 201 g/mol. The van der Waals surface area contributed by atoms with E-state index in [0.29, 0.717) is 12.0 Å². The standard InChI is InChI=1S/C10H19NO3/c1-2-3-10(4-5-10)8-11-9(13)14-7-6-12/h12H,2-8H2,1H3,(H,11,13). The van der Waals surface area contributed by atoms with E-state index in [1.54, 1.807) is 0 Å². The van der Waals surface area contributed by atoms with E-state index in [0.717, 1.165) is 6.42 Å². The number of carbonyl (C=O) groups is 1. The second-order valence-electron chi connectivity index (χ2n) is 3.96. The summed E-state index contributed by atoms with van der Waals surface area (Å²) in [5, 5.41) is 11.2. The van der Waals surface area contributed by atoms with Crippen molar-refractivity contribution >= 4 is 6.09 Å². The molecule has 4 heteroatoms. The van der Waals surface area contributed by atoms with E-state index in [-0.39, 0.29) is 13.2 Å². The molecule has 0 unspecified atom stereocenters. The molecule has 2 N–H and O–H groups in total. The molecule has 0 aliphatic heterocycles. The summed E-state index contributed by atoms with van der Waals surface area (Å²) in [5.41, 5.74) is 0.354. The summed E-state index contributed by atoms with van der Waals surface area (Å²) in [4.78, 5) is 11.0. The first-order valence-electron chi connectivity index (χ1n) is 5.24. The molecule has 0 spiro atoms. The summed E-state index contributed by atoms with van der Waals surface area (Å²) >= 11 is 0. The van der Waals surface area contributed by atoms with Crippen molar-refractivity contribution in [1.82, 2.24) is 5.32 Å². The largest absolute Gasteiger partial charge is 0.447 e. The van der Waals surface area contributed by atoms with Crippen molar-refractivity contribution in [2.45, 2.75) is 32.6 Å². The number of aliphatic hydroxyl groups excluding tert-OH is 1. The number of rotatable bonds is 6. The maximum Gasteiger partial charge on any atom is 0.407 e. The third-order valence-corrected chi connectivity index (χ3v) is 2.67. The third-order valence-electron chi connectivity index (χ3n) is 2.67. The number of ether oxygens (including phenoxy) is 1. The molecule has 0 radical (unpaired) electrons. The summed E-state index contributed by atoms with van der Waals surface area (Å²) in [6.07, 6.45) is 4.34. The van der Waals surface area contributed by atoms with E-state index in [9.17, 15) is 4.79 Å². The Morgan fingerprint density at radius 3 is 2.79 bits per heavy atom. The van der Waals surface area contributed by atoms with Crippen LogP contribution in [0.1, 0.15) is 32.6 Å². The molecule has 14 heavy (non-hydrogen) atoms. The maximum absolute atomic E-state index is 11.0. The summed E-state index contributed by atoms with van der Waals surface area (Å²) in [5.74, 6) is 0. The van der Waals surface area contributed by atoms with Crippen LogP contribution in [0.25, 0.3) is 0 Å². The predicted octanol–water partition coefficient (Wildman–Crippen LogP) is 1.29. The molecular formula is C10H19NO3. The van der Waals surface area contributed by atoms with Crippen molar-refractivity contribution < 1.29 is 14.6 Å². The number of aliphatic hydroxyl groups is 1. The minimum Gasteiger partial charge on any atom is -0.447 e. The van der Waals surface area contributed by atoms with E-state index in [2.05, 4.69) is 12.2 Å². The van der Waals surface area contributed by atoms with Crippen molar-refractivity contribution in [3.63, 3.8) is 0 Å². The van der Waals surface area contributed by atoms with Crippen LogP contribution in [-0.4, -0.2) is 31.0 Å². The van der Waals surface area contributed by atoms with E-state index in [4.69, 9.17) is 9.84 Å². The van der Waals surface area contributed by atoms with Gasteiger partial charge < -0.3 is 15.2 Å². The summed E-state index contributed by atoms with van der Waals surface area (Å²) in [6, 6.07) is 0. The fourth-order valence-corrected chi connectivity index (χ4v) is 1.67. The molecule has 0 heterocycles. The third kappa shape index (κ3) is 3.54. The molecule has 1 aliphatic carbocycles. The van der Waals surface area contributed by atoms with Crippen molar-refractivity contribution in [3.05, 3.63) is 0 Å². The second-order valence-corrected chi connectivity index (χ2v) is 3.96. The lowest BCUT2D eigenvalue weighted by molar-refractivity contribution is 0.117. The minimum absolute atomic E-state index is 0.0760. The Bertz CT molecular complexity index is 190. The molecule has 1 saturated carbocycles. The smallest absolute Gasteiger partial charge is 0.407 e. The quantitative estimate of drug-likeness (QED) is 0.680. The second kappa shape index (κ2) is 5.20. The van der Waals surface area contributed by atoms with Gasteiger partial charge >= 0.3 is 6.09 Å². The van der Waals surface area contributed by atoms with Crippen LogP contribution < -0.4 is 5.32 Å². The first-order chi connectivity index (χ1) is 6.72. The molecule has 0 aromatic carbocycles. The molecule has 1 aliphatic rings. The van der Waals surface area contributed by atoms with E-state index >= 15 is 0 Å². The Kier molecular flexibility index (Phi) is 4.20. The Morgan fingerprint density at radius 2 is 2.29 bits per heavy atom. The van der Waals surface area contributed by atoms with Gasteiger partial charge in [-0.15, -0.1) is 0 Å². The Morgan fingerprint density at radius 1 is 1.57 bits per heavy atom. The van der Waals surface area contributed by atoms with E-state index in [1.807, 2.05) is 0 Å². The lowest BCUT2D eigenvalue weighted by Gasteiger charge is -2.14. The minimum atomic E-state index is -0.415. The zero-order valence-electron chi connectivity index (χ0n) is 8.71. The normalized spacial score (nSPS) is 17.6. The van der Waals surface area contributed by atoms with Crippen LogP contribution >= 0.6 is 0 Å². The summed E-state index contributed by atoms with van der Waals surface area (Å²) in [7, 11) is 0. The van der Waals surface area contributed by atoms with Crippen LogP contribution in [0.5, 0.6) is 0 Å². The number of amides is 1. The topological polar surface area (TPSA) is 58.6 Å². The highest BCUT2D eigenvalue weighted by molar-refractivity contribution is 5.67. The molecule has 0 saturated heterocycles. The highest BCUT2D eigenvalue weighted by Gasteiger charge is 2.41. The molecule has 0 bridgehead atoms. The first kappa shape index (κ1) is 11.3. The van der Waals surface area contributed by atoms with Gasteiger partial charge in [-0.1, -0.05) is 13.3 Å². The molecule has 1 fully saturated rings. The van der Waals surface area contributed by atoms with E-state index < -0.39 is 6.09 Å². The summed E-state index contributed by atoms with van der Waals surface area (Å²) in [6.45, 7) is 2.83. The SMILES string of the molecule is CCCC1(CNC(=O)OCCO)CC1. The average Bonchev–Trinajstić information content (AvgIpc) is 2.93. The number of carbonyl (C=O) groups excluding carboxylic acids is 1. The highest BCUT2D eigenvalue weighted by atomic mass is 16.6. The number of hydrogen-bond donors (Lipinski definition) is 2. The molecule has 0 aromatic rings. The van der Waals surface area contributed by atoms with Crippen molar-refractivity contribution in [3.8, 4) is 0 Å². The molecule has 4 nitrogen and oxygen atoms in total. The van der Waals surface area contributed by atoms with Gasteiger partial charge in [0, 0.05) is 6.54 Å². The number of nitrogens with one attached hydrogen (secondary N) is 1. The summed E-state index contributed by atoms with van der Waals surface area (Å²) < 4.78 is 4.69. The van der Waals surface area contributed by atoms with Crippen LogP contribution in [0, 0.1) is 5.41 Å². The fraction of sp³-hybridized carbons (Fsp3) is 0.900. The van der Waals surface area contributed by atoms with Crippen molar-refractivity contribution in [1.29, 1.82) is 0 Å². The van der Waals surface area contributed by atoms with Gasteiger partial charge in [-0.25, -0.2) is 4.79 Å². The van der Waals surface area contributed by atoms with E-state index in [1.165, 1.54) is 19.3 Å². The van der Waals surface area contributed by atoms with Crippen molar-refractivity contribution in [2.75, 3.05) is 19.8 Å². The molecule has 82 valence electrons. The van der Waals surface area contributed by atoms with Crippen LogP contribution in [0.3, 0.4) is 0 Å². The lowest BCUT2D eigenvalue weighted by atomic mass is 10.0. The maximum atomic E-state index is 11.0. The predicted molar refractivity (Wildman–Crippen MR) is 53.0 cm³/mol. The molecule has 1 rings (SSSR count). The molecule has 0 aromatic heterocycles. The lowest BCUT2D eigenvalue weighted by Crippen LogP contribution is -2.31. The van der Waals surface area contributed by atoms with Crippen LogP contribution in [0.2, 0.25) is 0 Å². The van der Waals surface area contributed by atoms with Gasteiger partial charge in [-0.3, -0.25) is 0 Å². The van der Waals surface area contributed by atoms with Crippen molar-refractivity contribution in [2.24, 2.45) is 5.41 Å². The monoisotopic (exact) mass is 201 g/mol. The molecule has 0 atom stereocenters. The van der Waals surface area contributed by atoms with Crippen LogP contribution in [-0.2, 0) is 4.74 Å². The molecule has 1 amide bonds. The van der Waals surface area contributed by atoms with Gasteiger partial charge in [-0.05, 0) is 24.7 Å². The molecular weight excluding hydrogens is 182 g/mol. The Balaban J connectivity index is 2.10. The number of hydrogen-bond acceptors (Lipinski definition) is 3. The van der Waals surface area contributed by atoms with Gasteiger partial charge in [0.25, 0.3) is 0 Å². The van der Waals surface area contributed by atoms with Gasteiger partial charge in [0.15, 0.2) is 0 Å².